The first-order valence-corrected chi connectivity index (χ1v) is 7.16. The fraction of sp³-hybridized carbons (Fsp3) is 0.400. The summed E-state index contributed by atoms with van der Waals surface area (Å²) in [5.41, 5.74) is 3.27. The van der Waals surface area contributed by atoms with Crippen LogP contribution in [0.5, 0.6) is 0 Å². The van der Waals surface area contributed by atoms with Crippen molar-refractivity contribution in [2.24, 2.45) is 5.92 Å². The van der Waals surface area contributed by atoms with E-state index in [-0.39, 0.29) is 11.8 Å². The molecule has 1 amide bonds. The van der Waals surface area contributed by atoms with Gasteiger partial charge in [0.15, 0.2) is 5.66 Å². The van der Waals surface area contributed by atoms with E-state index in [0.29, 0.717) is 12.3 Å². The molecule has 20 heavy (non-hydrogen) atoms. The first-order chi connectivity index (χ1) is 9.55. The number of fused-ring (bicyclic) bond motifs is 1. The van der Waals surface area contributed by atoms with Gasteiger partial charge in [0.2, 0.25) is 5.91 Å². The second-order valence-electron chi connectivity index (χ2n) is 5.43. The van der Waals surface area contributed by atoms with Crippen LogP contribution in [0.3, 0.4) is 0 Å². The van der Waals surface area contributed by atoms with E-state index in [1.165, 1.54) is 0 Å². The minimum absolute atomic E-state index is 0.0461. The molecule has 0 bridgehead atoms. The molecule has 1 aromatic rings. The van der Waals surface area contributed by atoms with Crippen LogP contribution < -0.4 is 10.8 Å². The van der Waals surface area contributed by atoms with Crippen molar-refractivity contribution in [3.8, 4) is 0 Å². The molecule has 3 atom stereocenters. The van der Waals surface area contributed by atoms with Crippen LogP contribution in [0.1, 0.15) is 18.9 Å². The van der Waals surface area contributed by atoms with Crippen LogP contribution >= 0.6 is 11.6 Å². The number of amides is 1. The Kier molecular flexibility index (Phi) is 3.12. The summed E-state index contributed by atoms with van der Waals surface area (Å²) in [6.45, 7) is 6.09. The molecule has 2 aliphatic rings. The van der Waals surface area contributed by atoms with Gasteiger partial charge in [-0.25, -0.2) is 0 Å². The molecular weight excluding hydrogens is 276 g/mol. The lowest BCUT2D eigenvalue weighted by Gasteiger charge is -2.54. The molecule has 2 saturated heterocycles. The molecule has 106 valence electrons. The van der Waals surface area contributed by atoms with Gasteiger partial charge >= 0.3 is 0 Å². The minimum atomic E-state index is -0.748. The van der Waals surface area contributed by atoms with E-state index < -0.39 is 11.3 Å². The Bertz CT molecular complexity index is 562. The van der Waals surface area contributed by atoms with Crippen LogP contribution in [-0.4, -0.2) is 23.1 Å². The van der Waals surface area contributed by atoms with E-state index in [0.717, 1.165) is 11.1 Å². The van der Waals surface area contributed by atoms with Gasteiger partial charge in [-0.2, -0.15) is 5.48 Å². The van der Waals surface area contributed by atoms with Crippen molar-refractivity contribution < 1.29 is 9.63 Å². The number of carbonyl (C=O) groups excluding carboxylic acids is 1. The number of alkyl halides is 1. The van der Waals surface area contributed by atoms with Crippen molar-refractivity contribution in [2.75, 3.05) is 5.88 Å². The molecule has 3 rings (SSSR count). The molecule has 2 aliphatic heterocycles. The summed E-state index contributed by atoms with van der Waals surface area (Å²) in [7, 11) is 0. The fourth-order valence-electron chi connectivity index (χ4n) is 3.13. The molecule has 4 nitrogen and oxygen atoms in total. The van der Waals surface area contributed by atoms with Crippen molar-refractivity contribution >= 4 is 23.1 Å². The van der Waals surface area contributed by atoms with Gasteiger partial charge in [-0.15, -0.1) is 11.6 Å². The second kappa shape index (κ2) is 4.58. The van der Waals surface area contributed by atoms with E-state index in [2.05, 4.69) is 17.4 Å². The Morgan fingerprint density at radius 3 is 2.70 bits per heavy atom. The first kappa shape index (κ1) is 13.6. The highest BCUT2D eigenvalue weighted by Gasteiger charge is 2.71. The van der Waals surface area contributed by atoms with Gasteiger partial charge in [-0.1, -0.05) is 36.9 Å². The molecule has 2 fully saturated rings. The molecule has 2 heterocycles. The van der Waals surface area contributed by atoms with Crippen molar-refractivity contribution in [1.82, 2.24) is 10.8 Å². The van der Waals surface area contributed by atoms with Crippen molar-refractivity contribution in [2.45, 2.75) is 24.6 Å². The second-order valence-corrected chi connectivity index (χ2v) is 5.80. The maximum absolute atomic E-state index is 12.2. The molecule has 1 aromatic carbocycles. The van der Waals surface area contributed by atoms with Crippen molar-refractivity contribution in [3.05, 3.63) is 42.5 Å². The Morgan fingerprint density at radius 1 is 1.45 bits per heavy atom. The molecular formula is C15H17ClN2O2. The topological polar surface area (TPSA) is 50.4 Å². The van der Waals surface area contributed by atoms with Crippen LogP contribution in [0.25, 0.3) is 5.57 Å². The lowest BCUT2D eigenvalue weighted by Crippen LogP contribution is -2.78. The molecule has 0 spiro atoms. The Morgan fingerprint density at radius 2 is 2.15 bits per heavy atom. The minimum Gasteiger partial charge on any atom is -0.330 e. The molecule has 0 saturated carbocycles. The smallest absolute Gasteiger partial charge is 0.228 e. The molecule has 0 aromatic heterocycles. The molecule has 0 aliphatic carbocycles. The first-order valence-electron chi connectivity index (χ1n) is 6.63. The zero-order valence-electron chi connectivity index (χ0n) is 11.3. The van der Waals surface area contributed by atoms with Gasteiger partial charge < -0.3 is 5.32 Å². The third-order valence-electron chi connectivity index (χ3n) is 4.43. The van der Waals surface area contributed by atoms with E-state index in [1.807, 2.05) is 37.3 Å². The van der Waals surface area contributed by atoms with Crippen LogP contribution in [0.15, 0.2) is 36.9 Å². The summed E-state index contributed by atoms with van der Waals surface area (Å²) < 4.78 is 0. The van der Waals surface area contributed by atoms with Crippen molar-refractivity contribution in [1.29, 1.82) is 0 Å². The van der Waals surface area contributed by atoms with E-state index in [1.54, 1.807) is 0 Å². The number of rotatable bonds is 4. The average molecular weight is 293 g/mol. The summed E-state index contributed by atoms with van der Waals surface area (Å²) in [6, 6.07) is 9.78. The van der Waals surface area contributed by atoms with Crippen LogP contribution in [-0.2, 0) is 9.63 Å². The standard InChI is InChI=1S/C15H17ClN2O2/c1-10(11-6-4-3-5-7-11)15-14(2,20-18-15)12(8-9-16)13(19)17-15/h3-7,12,18H,1,8-9H2,2H3,(H,17,19)/t12?,14-,15-/m0/s1. The number of carbonyl (C=O) groups is 1. The van der Waals surface area contributed by atoms with Gasteiger partial charge in [0.25, 0.3) is 0 Å². The number of hydrogen-bond acceptors (Lipinski definition) is 3. The van der Waals surface area contributed by atoms with Gasteiger partial charge in [0.1, 0.15) is 5.60 Å². The van der Waals surface area contributed by atoms with Crippen LogP contribution in [0.2, 0.25) is 0 Å². The summed E-state index contributed by atoms with van der Waals surface area (Å²) >= 11 is 5.81. The summed E-state index contributed by atoms with van der Waals surface area (Å²) in [6.07, 6.45) is 0.579. The number of halogens is 1. The van der Waals surface area contributed by atoms with Crippen LogP contribution in [0.4, 0.5) is 0 Å². The summed E-state index contributed by atoms with van der Waals surface area (Å²) in [5.74, 6) is 0.0993. The Hall–Kier alpha value is -1.36. The number of hydroxylamine groups is 1. The van der Waals surface area contributed by atoms with Gasteiger partial charge in [-0.3, -0.25) is 9.63 Å². The molecule has 1 unspecified atom stereocenters. The average Bonchev–Trinajstić information content (AvgIpc) is 2.61. The number of benzene rings is 1. The van der Waals surface area contributed by atoms with E-state index in [9.17, 15) is 4.79 Å². The lowest BCUT2D eigenvalue weighted by molar-refractivity contribution is -0.273. The number of nitrogens with one attached hydrogen (secondary N) is 2. The van der Waals surface area contributed by atoms with E-state index in [4.69, 9.17) is 16.4 Å². The zero-order chi connectivity index (χ0) is 14.4. The number of hydrogen-bond donors (Lipinski definition) is 2. The Labute approximate surface area is 123 Å². The third kappa shape index (κ3) is 1.59. The monoisotopic (exact) mass is 292 g/mol. The van der Waals surface area contributed by atoms with Crippen molar-refractivity contribution in [3.63, 3.8) is 0 Å². The SMILES string of the molecule is C=C(c1ccccc1)[C@]12NO[C@@]1(C)C(CCCl)C(=O)N2. The highest BCUT2D eigenvalue weighted by molar-refractivity contribution is 6.18. The summed E-state index contributed by atoms with van der Waals surface area (Å²) in [5, 5.41) is 3.01. The van der Waals surface area contributed by atoms with E-state index >= 15 is 0 Å². The fourth-order valence-corrected chi connectivity index (χ4v) is 3.34. The third-order valence-corrected chi connectivity index (χ3v) is 4.64. The molecule has 2 N–H and O–H groups in total. The molecule has 0 radical (unpaired) electrons. The summed E-state index contributed by atoms with van der Waals surface area (Å²) in [4.78, 5) is 17.8. The normalized spacial score (nSPS) is 35.1. The predicted octanol–water partition coefficient (Wildman–Crippen LogP) is 2.06. The maximum atomic E-state index is 12.2. The quantitative estimate of drug-likeness (QED) is 0.835. The highest BCUT2D eigenvalue weighted by Crippen LogP contribution is 2.51. The predicted molar refractivity (Wildman–Crippen MR) is 77.8 cm³/mol. The largest absolute Gasteiger partial charge is 0.330 e. The zero-order valence-corrected chi connectivity index (χ0v) is 12.0. The van der Waals surface area contributed by atoms with Gasteiger partial charge in [0, 0.05) is 5.88 Å². The lowest BCUT2D eigenvalue weighted by atomic mass is 9.74. The Balaban J connectivity index is 1.97. The van der Waals surface area contributed by atoms with Crippen LogP contribution in [0, 0.1) is 5.92 Å². The van der Waals surface area contributed by atoms with Gasteiger partial charge in [-0.05, 0) is 24.5 Å². The van der Waals surface area contributed by atoms with Gasteiger partial charge in [0.05, 0.1) is 5.92 Å². The highest BCUT2D eigenvalue weighted by atomic mass is 35.5. The maximum Gasteiger partial charge on any atom is 0.228 e. The molecule has 5 heteroatoms.